The third-order valence-corrected chi connectivity index (χ3v) is 2.75. The highest BCUT2D eigenvalue weighted by Crippen LogP contribution is 2.11. The molecule has 0 radical (unpaired) electrons. The SMILES string of the molecule is O=C(C=Cc1ccc(Cl)cc1)Nc1nncs1. The zero-order valence-corrected chi connectivity index (χ0v) is 10.2. The van der Waals surface area contributed by atoms with Crippen LogP contribution in [-0.2, 0) is 4.79 Å². The lowest BCUT2D eigenvalue weighted by atomic mass is 10.2. The highest BCUT2D eigenvalue weighted by atomic mass is 35.5. The van der Waals surface area contributed by atoms with Crippen LogP contribution in [0.25, 0.3) is 6.08 Å². The van der Waals surface area contributed by atoms with Gasteiger partial charge >= 0.3 is 0 Å². The van der Waals surface area contributed by atoms with Crippen molar-refractivity contribution in [2.24, 2.45) is 0 Å². The smallest absolute Gasteiger partial charge is 0.250 e. The van der Waals surface area contributed by atoms with Crippen molar-refractivity contribution in [2.75, 3.05) is 5.32 Å². The minimum atomic E-state index is -0.239. The Bertz CT molecular complexity index is 522. The van der Waals surface area contributed by atoms with Gasteiger partial charge in [-0.2, -0.15) is 0 Å². The molecule has 2 aromatic rings. The summed E-state index contributed by atoms with van der Waals surface area (Å²) in [6, 6.07) is 7.20. The molecule has 0 unspecified atom stereocenters. The molecule has 0 aliphatic rings. The second-order valence-electron chi connectivity index (χ2n) is 3.12. The molecule has 6 heteroatoms. The topological polar surface area (TPSA) is 54.9 Å². The average molecular weight is 266 g/mol. The molecular formula is C11H8ClN3OS. The number of amides is 1. The van der Waals surface area contributed by atoms with Crippen LogP contribution in [0.5, 0.6) is 0 Å². The first kappa shape index (κ1) is 11.8. The van der Waals surface area contributed by atoms with Crippen LogP contribution in [0.15, 0.2) is 35.9 Å². The maximum absolute atomic E-state index is 11.5. The largest absolute Gasteiger partial charge is 0.297 e. The van der Waals surface area contributed by atoms with E-state index >= 15 is 0 Å². The summed E-state index contributed by atoms with van der Waals surface area (Å²) in [7, 11) is 0. The second-order valence-corrected chi connectivity index (χ2v) is 4.39. The standard InChI is InChI=1S/C11H8ClN3OS/c12-9-4-1-8(2-5-9)3-6-10(16)14-11-15-13-7-17-11/h1-7H,(H,14,15,16). The van der Waals surface area contributed by atoms with Crippen molar-refractivity contribution in [3.8, 4) is 0 Å². The Morgan fingerprint density at radius 3 is 2.76 bits per heavy atom. The minimum Gasteiger partial charge on any atom is -0.297 e. The van der Waals surface area contributed by atoms with Gasteiger partial charge in [-0.25, -0.2) is 0 Å². The number of nitrogens with one attached hydrogen (secondary N) is 1. The number of nitrogens with zero attached hydrogens (tertiary/aromatic N) is 2. The fourth-order valence-corrected chi connectivity index (χ4v) is 1.69. The number of benzene rings is 1. The van der Waals surface area contributed by atoms with E-state index < -0.39 is 0 Å². The van der Waals surface area contributed by atoms with E-state index in [0.29, 0.717) is 10.2 Å². The molecule has 0 bridgehead atoms. The Hall–Kier alpha value is -1.72. The summed E-state index contributed by atoms with van der Waals surface area (Å²) >= 11 is 7.02. The van der Waals surface area contributed by atoms with Crippen molar-refractivity contribution in [2.45, 2.75) is 0 Å². The van der Waals surface area contributed by atoms with Gasteiger partial charge in [0.2, 0.25) is 11.0 Å². The number of halogens is 1. The molecule has 4 nitrogen and oxygen atoms in total. The summed E-state index contributed by atoms with van der Waals surface area (Å²) in [4.78, 5) is 11.5. The number of anilines is 1. The van der Waals surface area contributed by atoms with E-state index in [9.17, 15) is 4.79 Å². The molecule has 2 rings (SSSR count). The van der Waals surface area contributed by atoms with Gasteiger partial charge in [0.15, 0.2) is 0 Å². The molecule has 1 N–H and O–H groups in total. The Kier molecular flexibility index (Phi) is 3.85. The van der Waals surface area contributed by atoms with Gasteiger partial charge in [-0.05, 0) is 23.8 Å². The van der Waals surface area contributed by atoms with Crippen LogP contribution >= 0.6 is 22.9 Å². The van der Waals surface area contributed by atoms with Crippen molar-refractivity contribution < 1.29 is 4.79 Å². The van der Waals surface area contributed by atoms with E-state index in [1.807, 2.05) is 12.1 Å². The lowest BCUT2D eigenvalue weighted by Crippen LogP contribution is -2.07. The molecule has 0 saturated heterocycles. The highest BCUT2D eigenvalue weighted by molar-refractivity contribution is 7.13. The minimum absolute atomic E-state index is 0.239. The molecule has 0 atom stereocenters. The fourth-order valence-electron chi connectivity index (χ4n) is 1.12. The molecule has 0 saturated carbocycles. The summed E-state index contributed by atoms with van der Waals surface area (Å²) in [5, 5.41) is 11.1. The van der Waals surface area contributed by atoms with Crippen LogP contribution in [0, 0.1) is 0 Å². The van der Waals surface area contributed by atoms with Crippen molar-refractivity contribution in [1.82, 2.24) is 10.2 Å². The number of hydrogen-bond acceptors (Lipinski definition) is 4. The number of rotatable bonds is 3. The predicted molar refractivity (Wildman–Crippen MR) is 69.0 cm³/mol. The summed E-state index contributed by atoms with van der Waals surface area (Å²) in [6.45, 7) is 0. The van der Waals surface area contributed by atoms with Crippen molar-refractivity contribution in [1.29, 1.82) is 0 Å². The average Bonchev–Trinajstić information content (AvgIpc) is 2.81. The Labute approximate surface area is 107 Å². The van der Waals surface area contributed by atoms with Crippen LogP contribution in [0.1, 0.15) is 5.56 Å². The van der Waals surface area contributed by atoms with Crippen LogP contribution in [0.3, 0.4) is 0 Å². The van der Waals surface area contributed by atoms with Gasteiger partial charge < -0.3 is 0 Å². The van der Waals surface area contributed by atoms with Crippen LogP contribution in [0.4, 0.5) is 5.13 Å². The van der Waals surface area contributed by atoms with E-state index in [0.717, 1.165) is 5.56 Å². The number of carbonyl (C=O) groups excluding carboxylic acids is 1. The van der Waals surface area contributed by atoms with Gasteiger partial charge in [-0.15, -0.1) is 10.2 Å². The first-order valence-electron chi connectivity index (χ1n) is 4.75. The summed E-state index contributed by atoms with van der Waals surface area (Å²) in [6.07, 6.45) is 3.14. The Morgan fingerprint density at radius 1 is 1.35 bits per heavy atom. The van der Waals surface area contributed by atoms with Crippen molar-refractivity contribution in [3.63, 3.8) is 0 Å². The van der Waals surface area contributed by atoms with Crippen LogP contribution in [0.2, 0.25) is 5.02 Å². The molecule has 1 aromatic carbocycles. The molecule has 1 heterocycles. The van der Waals surface area contributed by atoms with Gasteiger partial charge in [-0.3, -0.25) is 10.1 Å². The fraction of sp³-hybridized carbons (Fsp3) is 0. The maximum atomic E-state index is 11.5. The van der Waals surface area contributed by atoms with Crippen LogP contribution < -0.4 is 5.32 Å². The monoisotopic (exact) mass is 265 g/mol. The summed E-state index contributed by atoms with van der Waals surface area (Å²) < 4.78 is 0. The Morgan fingerprint density at radius 2 is 2.12 bits per heavy atom. The highest BCUT2D eigenvalue weighted by Gasteiger charge is 1.99. The molecule has 17 heavy (non-hydrogen) atoms. The molecule has 0 aliphatic carbocycles. The first-order valence-corrected chi connectivity index (χ1v) is 6.00. The van der Waals surface area contributed by atoms with E-state index in [4.69, 9.17) is 11.6 Å². The summed E-state index contributed by atoms with van der Waals surface area (Å²) in [5.74, 6) is -0.239. The molecule has 0 aliphatic heterocycles. The molecule has 1 aromatic heterocycles. The van der Waals surface area contributed by atoms with Gasteiger partial charge in [0, 0.05) is 11.1 Å². The third kappa shape index (κ3) is 3.65. The van der Waals surface area contributed by atoms with E-state index in [-0.39, 0.29) is 5.91 Å². The molecular weight excluding hydrogens is 258 g/mol. The van der Waals surface area contributed by atoms with Gasteiger partial charge in [0.25, 0.3) is 0 Å². The van der Waals surface area contributed by atoms with Gasteiger partial charge in [-0.1, -0.05) is 35.1 Å². The molecule has 0 fully saturated rings. The zero-order valence-electron chi connectivity index (χ0n) is 8.63. The quantitative estimate of drug-likeness (QED) is 0.869. The molecule has 1 amide bonds. The van der Waals surface area contributed by atoms with Crippen LogP contribution in [-0.4, -0.2) is 16.1 Å². The lowest BCUT2D eigenvalue weighted by Gasteiger charge is -1.95. The first-order chi connectivity index (χ1) is 8.24. The molecule has 0 spiro atoms. The predicted octanol–water partition coefficient (Wildman–Crippen LogP) is 2.84. The van der Waals surface area contributed by atoms with E-state index in [1.165, 1.54) is 17.4 Å². The normalized spacial score (nSPS) is 10.6. The molecule has 86 valence electrons. The third-order valence-electron chi connectivity index (χ3n) is 1.89. The van der Waals surface area contributed by atoms with Gasteiger partial charge in [0.05, 0.1) is 0 Å². The zero-order chi connectivity index (χ0) is 12.1. The number of carbonyl (C=O) groups is 1. The maximum Gasteiger partial charge on any atom is 0.250 e. The number of aromatic nitrogens is 2. The number of hydrogen-bond donors (Lipinski definition) is 1. The Balaban J connectivity index is 1.96. The lowest BCUT2D eigenvalue weighted by molar-refractivity contribution is -0.111. The van der Waals surface area contributed by atoms with Gasteiger partial charge in [0.1, 0.15) is 5.51 Å². The van der Waals surface area contributed by atoms with Crippen molar-refractivity contribution in [3.05, 3.63) is 46.4 Å². The second kappa shape index (κ2) is 5.56. The summed E-state index contributed by atoms with van der Waals surface area (Å²) in [5.41, 5.74) is 2.46. The van der Waals surface area contributed by atoms with E-state index in [2.05, 4.69) is 15.5 Å². The van der Waals surface area contributed by atoms with Crippen molar-refractivity contribution >= 4 is 40.1 Å². The van der Waals surface area contributed by atoms with E-state index in [1.54, 1.807) is 23.7 Å².